The molecule has 0 unspecified atom stereocenters. The lowest BCUT2D eigenvalue weighted by Gasteiger charge is -2.03. The van der Waals surface area contributed by atoms with Crippen molar-refractivity contribution in [3.05, 3.63) is 29.3 Å². The third-order valence-corrected chi connectivity index (χ3v) is 1.99. The molecule has 2 rings (SSSR count). The standard InChI is InChI=1S/C10H9NO3/c12-6-8-5-7(1-2-9(8)13)10-11-3-4-14-10/h1-2,5-6,13H,3-4H2. The molecule has 4 heteroatoms. The van der Waals surface area contributed by atoms with Gasteiger partial charge in [0.2, 0.25) is 5.90 Å². The number of phenols is 1. The summed E-state index contributed by atoms with van der Waals surface area (Å²) in [6.45, 7) is 1.22. The number of nitrogens with zero attached hydrogens (tertiary/aromatic N) is 1. The zero-order valence-electron chi connectivity index (χ0n) is 7.43. The van der Waals surface area contributed by atoms with Crippen LogP contribution in [0, 0.1) is 0 Å². The van der Waals surface area contributed by atoms with Crippen molar-refractivity contribution in [2.45, 2.75) is 0 Å². The van der Waals surface area contributed by atoms with E-state index in [0.717, 1.165) is 5.56 Å². The molecule has 0 radical (unpaired) electrons. The van der Waals surface area contributed by atoms with Crippen molar-refractivity contribution in [1.29, 1.82) is 0 Å². The van der Waals surface area contributed by atoms with Crippen molar-refractivity contribution in [3.8, 4) is 5.75 Å². The molecule has 0 saturated carbocycles. The molecule has 0 fully saturated rings. The number of aliphatic imine (C=N–C) groups is 1. The lowest BCUT2D eigenvalue weighted by molar-refractivity contribution is 0.112. The van der Waals surface area contributed by atoms with Gasteiger partial charge in [-0.05, 0) is 18.2 Å². The minimum atomic E-state index is -0.0256. The van der Waals surface area contributed by atoms with E-state index in [0.29, 0.717) is 25.3 Å². The monoisotopic (exact) mass is 191 g/mol. The van der Waals surface area contributed by atoms with E-state index in [-0.39, 0.29) is 11.3 Å². The maximum Gasteiger partial charge on any atom is 0.216 e. The molecule has 14 heavy (non-hydrogen) atoms. The average Bonchev–Trinajstić information content (AvgIpc) is 2.71. The number of hydrogen-bond acceptors (Lipinski definition) is 4. The van der Waals surface area contributed by atoms with Crippen LogP contribution in [0.3, 0.4) is 0 Å². The second-order valence-corrected chi connectivity index (χ2v) is 2.93. The average molecular weight is 191 g/mol. The van der Waals surface area contributed by atoms with Gasteiger partial charge in [-0.3, -0.25) is 4.79 Å². The van der Waals surface area contributed by atoms with E-state index < -0.39 is 0 Å². The highest BCUT2D eigenvalue weighted by atomic mass is 16.5. The van der Waals surface area contributed by atoms with E-state index in [4.69, 9.17) is 4.74 Å². The van der Waals surface area contributed by atoms with Gasteiger partial charge < -0.3 is 9.84 Å². The Hall–Kier alpha value is -1.84. The minimum absolute atomic E-state index is 0.0256. The molecule has 1 aliphatic rings. The van der Waals surface area contributed by atoms with Gasteiger partial charge in [0, 0.05) is 5.56 Å². The number of carbonyl (C=O) groups is 1. The Morgan fingerprint density at radius 3 is 3.00 bits per heavy atom. The van der Waals surface area contributed by atoms with Crippen molar-refractivity contribution in [2.75, 3.05) is 13.2 Å². The quantitative estimate of drug-likeness (QED) is 0.709. The van der Waals surface area contributed by atoms with Gasteiger partial charge in [0.25, 0.3) is 0 Å². The fraction of sp³-hybridized carbons (Fsp3) is 0.200. The number of aldehydes is 1. The van der Waals surface area contributed by atoms with Crippen molar-refractivity contribution in [3.63, 3.8) is 0 Å². The largest absolute Gasteiger partial charge is 0.507 e. The Balaban J connectivity index is 2.40. The maximum absolute atomic E-state index is 10.6. The van der Waals surface area contributed by atoms with Crippen LogP contribution in [-0.2, 0) is 4.74 Å². The Kier molecular flexibility index (Phi) is 2.18. The van der Waals surface area contributed by atoms with Gasteiger partial charge in [-0.25, -0.2) is 4.99 Å². The molecule has 1 N–H and O–H groups in total. The number of ether oxygens (including phenoxy) is 1. The van der Waals surface area contributed by atoms with Gasteiger partial charge in [-0.1, -0.05) is 0 Å². The lowest BCUT2D eigenvalue weighted by atomic mass is 10.1. The predicted molar refractivity (Wildman–Crippen MR) is 50.9 cm³/mol. The summed E-state index contributed by atoms with van der Waals surface area (Å²) in [4.78, 5) is 14.7. The van der Waals surface area contributed by atoms with Crippen LogP contribution >= 0.6 is 0 Å². The first-order chi connectivity index (χ1) is 6.81. The smallest absolute Gasteiger partial charge is 0.216 e. The Bertz CT molecular complexity index is 398. The number of hydrogen-bond donors (Lipinski definition) is 1. The van der Waals surface area contributed by atoms with Crippen molar-refractivity contribution in [2.24, 2.45) is 4.99 Å². The van der Waals surface area contributed by atoms with Crippen LogP contribution in [0.15, 0.2) is 23.2 Å². The Labute approximate surface area is 80.8 Å². The summed E-state index contributed by atoms with van der Waals surface area (Å²) >= 11 is 0. The molecule has 1 aliphatic heterocycles. The summed E-state index contributed by atoms with van der Waals surface area (Å²) in [5.41, 5.74) is 0.975. The van der Waals surface area contributed by atoms with E-state index in [1.807, 2.05) is 0 Å². The first-order valence-corrected chi connectivity index (χ1v) is 4.27. The Morgan fingerprint density at radius 2 is 2.36 bits per heavy atom. The Morgan fingerprint density at radius 1 is 1.50 bits per heavy atom. The molecule has 1 aromatic rings. The number of rotatable bonds is 2. The highest BCUT2D eigenvalue weighted by Crippen LogP contribution is 2.18. The number of phenolic OH excluding ortho intramolecular Hbond substituents is 1. The molecule has 0 atom stereocenters. The topological polar surface area (TPSA) is 58.9 Å². The highest BCUT2D eigenvalue weighted by molar-refractivity contribution is 5.97. The molecule has 1 heterocycles. The van der Waals surface area contributed by atoms with E-state index in [9.17, 15) is 9.90 Å². The van der Waals surface area contributed by atoms with Crippen molar-refractivity contribution >= 4 is 12.2 Å². The summed E-state index contributed by atoms with van der Waals surface area (Å²) in [5, 5.41) is 9.27. The molecule has 0 aromatic heterocycles. The van der Waals surface area contributed by atoms with Crippen LogP contribution in [0.25, 0.3) is 0 Å². The van der Waals surface area contributed by atoms with Crippen molar-refractivity contribution < 1.29 is 14.6 Å². The molecule has 72 valence electrons. The van der Waals surface area contributed by atoms with Crippen LogP contribution in [-0.4, -0.2) is 30.4 Å². The summed E-state index contributed by atoms with van der Waals surface area (Å²) in [7, 11) is 0. The summed E-state index contributed by atoms with van der Waals surface area (Å²) in [6, 6.07) is 4.70. The molecule has 0 aliphatic carbocycles. The third-order valence-electron chi connectivity index (χ3n) is 1.99. The van der Waals surface area contributed by atoms with Crippen LogP contribution < -0.4 is 0 Å². The lowest BCUT2D eigenvalue weighted by Crippen LogP contribution is -2.01. The van der Waals surface area contributed by atoms with Crippen LogP contribution in [0.2, 0.25) is 0 Å². The van der Waals surface area contributed by atoms with Crippen LogP contribution in [0.1, 0.15) is 15.9 Å². The number of carbonyl (C=O) groups excluding carboxylic acids is 1. The van der Waals surface area contributed by atoms with E-state index in [1.54, 1.807) is 12.1 Å². The second kappa shape index (κ2) is 3.49. The van der Waals surface area contributed by atoms with Crippen LogP contribution in [0.4, 0.5) is 0 Å². The van der Waals surface area contributed by atoms with Crippen molar-refractivity contribution in [1.82, 2.24) is 0 Å². The molecule has 0 amide bonds. The predicted octanol–water partition coefficient (Wildman–Crippen LogP) is 0.982. The highest BCUT2D eigenvalue weighted by Gasteiger charge is 2.11. The number of benzene rings is 1. The second-order valence-electron chi connectivity index (χ2n) is 2.93. The zero-order chi connectivity index (χ0) is 9.97. The molecule has 4 nitrogen and oxygen atoms in total. The van der Waals surface area contributed by atoms with Gasteiger partial charge >= 0.3 is 0 Å². The van der Waals surface area contributed by atoms with Crippen LogP contribution in [0.5, 0.6) is 5.75 Å². The SMILES string of the molecule is O=Cc1cc(C2=NCCO2)ccc1O. The third kappa shape index (κ3) is 1.46. The zero-order valence-corrected chi connectivity index (χ0v) is 7.43. The minimum Gasteiger partial charge on any atom is -0.507 e. The van der Waals surface area contributed by atoms with Gasteiger partial charge in [0.1, 0.15) is 12.4 Å². The molecular weight excluding hydrogens is 182 g/mol. The van der Waals surface area contributed by atoms with E-state index >= 15 is 0 Å². The van der Waals surface area contributed by atoms with Gasteiger partial charge in [0.15, 0.2) is 6.29 Å². The molecule has 0 saturated heterocycles. The molecule has 1 aromatic carbocycles. The maximum atomic E-state index is 10.6. The fourth-order valence-corrected chi connectivity index (χ4v) is 1.29. The fourth-order valence-electron chi connectivity index (χ4n) is 1.29. The van der Waals surface area contributed by atoms with Gasteiger partial charge in [0.05, 0.1) is 12.1 Å². The number of aromatic hydroxyl groups is 1. The van der Waals surface area contributed by atoms with E-state index in [1.165, 1.54) is 6.07 Å². The summed E-state index contributed by atoms with van der Waals surface area (Å²) in [6.07, 6.45) is 0.606. The summed E-state index contributed by atoms with van der Waals surface area (Å²) < 4.78 is 5.23. The van der Waals surface area contributed by atoms with Gasteiger partial charge in [-0.2, -0.15) is 0 Å². The normalized spacial score (nSPS) is 14.7. The molecule has 0 bridgehead atoms. The summed E-state index contributed by atoms with van der Waals surface area (Å²) in [5.74, 6) is 0.510. The molecular formula is C10H9NO3. The first kappa shape index (κ1) is 8.74. The van der Waals surface area contributed by atoms with E-state index in [2.05, 4.69) is 4.99 Å². The molecule has 0 spiro atoms. The van der Waals surface area contributed by atoms with Gasteiger partial charge in [-0.15, -0.1) is 0 Å². The first-order valence-electron chi connectivity index (χ1n) is 4.27.